The molecule has 0 fully saturated rings. The Morgan fingerprint density at radius 3 is 2.47 bits per heavy atom. The Morgan fingerprint density at radius 2 is 1.77 bits per heavy atom. The van der Waals surface area contributed by atoms with Crippen molar-refractivity contribution in [2.45, 2.75) is 25.8 Å². The van der Waals surface area contributed by atoms with E-state index >= 15 is 0 Å². The fourth-order valence-electron chi connectivity index (χ4n) is 3.39. The second-order valence-electron chi connectivity index (χ2n) is 7.06. The second-order valence-corrected chi connectivity index (χ2v) is 7.06. The first-order valence-corrected chi connectivity index (χ1v) is 9.94. The van der Waals surface area contributed by atoms with Crippen LogP contribution in [0.2, 0.25) is 0 Å². The van der Waals surface area contributed by atoms with E-state index < -0.39 is 6.10 Å². The molecule has 160 valence electrons. The second kappa shape index (κ2) is 11.4. The Kier molecular flexibility index (Phi) is 8.32. The van der Waals surface area contributed by atoms with Crippen LogP contribution in [0.25, 0.3) is 0 Å². The van der Waals surface area contributed by atoms with Crippen molar-refractivity contribution in [3.8, 4) is 11.5 Å². The number of hydrogen-bond acceptors (Lipinski definition) is 6. The number of aliphatic hydroxyl groups is 1. The molecule has 0 aliphatic rings. The molecule has 1 atom stereocenters. The zero-order valence-corrected chi connectivity index (χ0v) is 17.5. The number of methoxy groups -OCH3 is 2. The van der Waals surface area contributed by atoms with Crippen LogP contribution in [-0.4, -0.2) is 43.5 Å². The van der Waals surface area contributed by atoms with Gasteiger partial charge in [0.05, 0.1) is 33.2 Å². The van der Waals surface area contributed by atoms with Crippen molar-refractivity contribution in [2.24, 2.45) is 0 Å². The predicted molar refractivity (Wildman–Crippen MR) is 114 cm³/mol. The van der Waals surface area contributed by atoms with Crippen molar-refractivity contribution in [2.75, 3.05) is 27.4 Å². The van der Waals surface area contributed by atoms with E-state index in [0.29, 0.717) is 37.7 Å². The minimum Gasteiger partial charge on any atom is -0.493 e. The monoisotopic (exact) mass is 411 g/mol. The molecule has 3 rings (SSSR count). The van der Waals surface area contributed by atoms with Gasteiger partial charge in [-0.1, -0.05) is 42.5 Å². The first kappa shape index (κ1) is 21.9. The van der Waals surface area contributed by atoms with E-state index in [0.717, 1.165) is 11.3 Å². The third-order valence-corrected chi connectivity index (χ3v) is 4.73. The lowest BCUT2D eigenvalue weighted by Crippen LogP contribution is -2.34. The lowest BCUT2D eigenvalue weighted by molar-refractivity contribution is 0.00243. The van der Waals surface area contributed by atoms with Crippen molar-refractivity contribution in [1.82, 2.24) is 4.90 Å². The van der Waals surface area contributed by atoms with Gasteiger partial charge in [0.15, 0.2) is 11.5 Å². The van der Waals surface area contributed by atoms with Gasteiger partial charge < -0.3 is 23.7 Å². The molecule has 1 aromatic heterocycles. The van der Waals surface area contributed by atoms with Crippen molar-refractivity contribution in [3.05, 3.63) is 83.8 Å². The highest BCUT2D eigenvalue weighted by Gasteiger charge is 2.17. The average molecular weight is 411 g/mol. The minimum atomic E-state index is -0.639. The molecule has 0 aliphatic carbocycles. The van der Waals surface area contributed by atoms with Crippen LogP contribution in [0.4, 0.5) is 0 Å². The Labute approximate surface area is 177 Å². The van der Waals surface area contributed by atoms with Gasteiger partial charge in [0, 0.05) is 25.2 Å². The maximum atomic E-state index is 10.6. The molecule has 30 heavy (non-hydrogen) atoms. The van der Waals surface area contributed by atoms with Gasteiger partial charge >= 0.3 is 0 Å². The highest BCUT2D eigenvalue weighted by atomic mass is 16.5. The Balaban J connectivity index is 1.67. The molecular weight excluding hydrogens is 382 g/mol. The van der Waals surface area contributed by atoms with E-state index in [4.69, 9.17) is 18.6 Å². The van der Waals surface area contributed by atoms with Crippen LogP contribution in [0.3, 0.4) is 0 Å². The van der Waals surface area contributed by atoms with E-state index in [1.54, 1.807) is 20.5 Å². The van der Waals surface area contributed by atoms with Gasteiger partial charge in [-0.25, -0.2) is 0 Å². The standard InChI is InChI=1S/C24H29NO5/c1-27-23-12-6-10-20(24(23)28-2)15-25(14-19-8-4-3-5-9-19)16-21(26)17-29-18-22-11-7-13-30-22/h3-13,21,26H,14-18H2,1-2H3. The lowest BCUT2D eigenvalue weighted by Gasteiger charge is -2.26. The number of hydrogen-bond donors (Lipinski definition) is 1. The van der Waals surface area contributed by atoms with Gasteiger partial charge in [-0.3, -0.25) is 4.90 Å². The van der Waals surface area contributed by atoms with Crippen molar-refractivity contribution in [1.29, 1.82) is 0 Å². The van der Waals surface area contributed by atoms with Gasteiger partial charge in [0.2, 0.25) is 0 Å². The summed E-state index contributed by atoms with van der Waals surface area (Å²) >= 11 is 0. The Bertz CT molecular complexity index is 867. The summed E-state index contributed by atoms with van der Waals surface area (Å²) < 4.78 is 21.9. The smallest absolute Gasteiger partial charge is 0.165 e. The maximum absolute atomic E-state index is 10.6. The molecule has 0 saturated heterocycles. The molecule has 0 aliphatic heterocycles. The predicted octanol–water partition coefficient (Wildman–Crippen LogP) is 3.88. The summed E-state index contributed by atoms with van der Waals surface area (Å²) in [4.78, 5) is 2.17. The first-order valence-electron chi connectivity index (χ1n) is 9.94. The van der Waals surface area contributed by atoms with Crippen molar-refractivity contribution in [3.63, 3.8) is 0 Å². The third kappa shape index (κ3) is 6.35. The molecule has 1 N–H and O–H groups in total. The van der Waals surface area contributed by atoms with E-state index in [1.807, 2.05) is 48.5 Å². The SMILES string of the molecule is COc1cccc(CN(Cc2ccccc2)CC(O)COCc2ccco2)c1OC. The summed E-state index contributed by atoms with van der Waals surface area (Å²) in [7, 11) is 3.27. The van der Waals surface area contributed by atoms with Gasteiger partial charge in [-0.2, -0.15) is 0 Å². The van der Waals surface area contributed by atoms with Crippen molar-refractivity contribution < 1.29 is 23.7 Å². The number of benzene rings is 2. The molecule has 1 heterocycles. The zero-order chi connectivity index (χ0) is 21.2. The van der Waals surface area contributed by atoms with Crippen LogP contribution in [0.15, 0.2) is 71.3 Å². The molecular formula is C24H29NO5. The first-order chi connectivity index (χ1) is 14.7. The normalized spacial score (nSPS) is 12.1. The van der Waals surface area contributed by atoms with Crippen LogP contribution in [-0.2, 0) is 24.4 Å². The van der Waals surface area contributed by atoms with Gasteiger partial charge in [-0.05, 0) is 23.8 Å². The van der Waals surface area contributed by atoms with Gasteiger partial charge in [-0.15, -0.1) is 0 Å². The van der Waals surface area contributed by atoms with Gasteiger partial charge in [0.25, 0.3) is 0 Å². The van der Waals surface area contributed by atoms with Crippen LogP contribution in [0.5, 0.6) is 11.5 Å². The van der Waals surface area contributed by atoms with Crippen LogP contribution >= 0.6 is 0 Å². The highest BCUT2D eigenvalue weighted by Crippen LogP contribution is 2.31. The number of rotatable bonds is 12. The number of aliphatic hydroxyl groups excluding tert-OH is 1. The maximum Gasteiger partial charge on any atom is 0.165 e. The van der Waals surface area contributed by atoms with E-state index in [1.165, 1.54) is 5.56 Å². The topological polar surface area (TPSA) is 64.3 Å². The number of furan rings is 1. The Morgan fingerprint density at radius 1 is 0.933 bits per heavy atom. The molecule has 0 spiro atoms. The average Bonchev–Trinajstić information content (AvgIpc) is 3.27. The minimum absolute atomic E-state index is 0.223. The van der Waals surface area contributed by atoms with Crippen LogP contribution < -0.4 is 9.47 Å². The fourth-order valence-corrected chi connectivity index (χ4v) is 3.39. The molecule has 1 unspecified atom stereocenters. The van der Waals surface area contributed by atoms with Crippen molar-refractivity contribution >= 4 is 0 Å². The Hall–Kier alpha value is -2.80. The van der Waals surface area contributed by atoms with Crippen LogP contribution in [0.1, 0.15) is 16.9 Å². The van der Waals surface area contributed by atoms with E-state index in [-0.39, 0.29) is 6.61 Å². The molecule has 0 bridgehead atoms. The number of ether oxygens (including phenoxy) is 3. The molecule has 2 aromatic carbocycles. The summed E-state index contributed by atoms with van der Waals surface area (Å²) in [5.74, 6) is 2.14. The number of para-hydroxylation sites is 1. The highest BCUT2D eigenvalue weighted by molar-refractivity contribution is 5.46. The molecule has 6 nitrogen and oxygen atoms in total. The van der Waals surface area contributed by atoms with Crippen LogP contribution in [0, 0.1) is 0 Å². The molecule has 3 aromatic rings. The molecule has 0 amide bonds. The van der Waals surface area contributed by atoms with Gasteiger partial charge in [0.1, 0.15) is 12.4 Å². The molecule has 0 radical (unpaired) electrons. The van der Waals surface area contributed by atoms with E-state index in [9.17, 15) is 5.11 Å². The summed E-state index contributed by atoms with van der Waals surface area (Å²) in [6, 6.07) is 19.7. The molecule has 0 saturated carbocycles. The summed E-state index contributed by atoms with van der Waals surface area (Å²) in [6.45, 7) is 2.31. The summed E-state index contributed by atoms with van der Waals surface area (Å²) in [5.41, 5.74) is 2.17. The summed E-state index contributed by atoms with van der Waals surface area (Å²) in [5, 5.41) is 10.6. The third-order valence-electron chi connectivity index (χ3n) is 4.73. The fraction of sp³-hybridized carbons (Fsp3) is 0.333. The number of nitrogens with zero attached hydrogens (tertiary/aromatic N) is 1. The van der Waals surface area contributed by atoms with E-state index in [2.05, 4.69) is 17.0 Å². The zero-order valence-electron chi connectivity index (χ0n) is 17.5. The lowest BCUT2D eigenvalue weighted by atomic mass is 10.1. The quantitative estimate of drug-likeness (QED) is 0.488. The largest absolute Gasteiger partial charge is 0.493 e. The molecule has 6 heteroatoms. The summed E-state index contributed by atoms with van der Waals surface area (Å²) in [6.07, 6.45) is 0.971.